The third-order valence-corrected chi connectivity index (χ3v) is 5.60. The lowest BCUT2D eigenvalue weighted by atomic mass is 9.72. The standard InChI is InChI=1S/C19H26FNO3.C3H8/c1-18(2,20)16(23)13-3-5-14(6-4-13)21-12-11-19(17(21)24)9-7-15(22)8-10-19;1-3-2/h3-6,15-16,22-23H,7-12H2,1-2H3;3H2,1-2H3. The molecule has 2 aliphatic rings. The number of halogens is 1. The molecule has 1 spiro atoms. The first kappa shape index (κ1) is 21.8. The van der Waals surface area contributed by atoms with Gasteiger partial charge in [0.25, 0.3) is 0 Å². The smallest absolute Gasteiger partial charge is 0.233 e. The van der Waals surface area contributed by atoms with Gasteiger partial charge < -0.3 is 15.1 Å². The second-order valence-electron chi connectivity index (χ2n) is 8.48. The maximum absolute atomic E-state index is 13.9. The number of benzene rings is 1. The number of hydrogen-bond donors (Lipinski definition) is 2. The average Bonchev–Trinajstić information content (AvgIpc) is 2.94. The monoisotopic (exact) mass is 379 g/mol. The van der Waals surface area contributed by atoms with Gasteiger partial charge in [-0.2, -0.15) is 0 Å². The zero-order valence-corrected chi connectivity index (χ0v) is 17.0. The maximum Gasteiger partial charge on any atom is 0.233 e. The average molecular weight is 380 g/mol. The van der Waals surface area contributed by atoms with Crippen molar-refractivity contribution in [2.24, 2.45) is 5.41 Å². The first-order valence-corrected chi connectivity index (χ1v) is 10.1. The van der Waals surface area contributed by atoms with Crippen LogP contribution in [0.15, 0.2) is 24.3 Å². The molecule has 1 heterocycles. The second kappa shape index (κ2) is 8.70. The minimum absolute atomic E-state index is 0.133. The summed E-state index contributed by atoms with van der Waals surface area (Å²) in [7, 11) is 0. The SMILES string of the molecule is CC(C)(F)C(O)c1ccc(N2CCC3(CCC(O)CC3)C2=O)cc1.CCC. The van der Waals surface area contributed by atoms with Crippen molar-refractivity contribution in [1.29, 1.82) is 0 Å². The van der Waals surface area contributed by atoms with Crippen LogP contribution >= 0.6 is 0 Å². The van der Waals surface area contributed by atoms with E-state index in [2.05, 4.69) is 13.8 Å². The van der Waals surface area contributed by atoms with Crippen molar-refractivity contribution >= 4 is 11.6 Å². The van der Waals surface area contributed by atoms with E-state index in [1.54, 1.807) is 29.2 Å². The van der Waals surface area contributed by atoms with Gasteiger partial charge in [0.1, 0.15) is 11.8 Å². The largest absolute Gasteiger partial charge is 0.393 e. The third-order valence-electron chi connectivity index (χ3n) is 5.60. The number of nitrogens with zero attached hydrogens (tertiary/aromatic N) is 1. The number of aliphatic hydroxyl groups is 2. The number of carbonyl (C=O) groups excluding carboxylic acids is 1. The lowest BCUT2D eigenvalue weighted by Crippen LogP contribution is -2.38. The number of anilines is 1. The molecule has 5 heteroatoms. The predicted octanol–water partition coefficient (Wildman–Crippen LogP) is 4.54. The van der Waals surface area contributed by atoms with E-state index in [0.717, 1.165) is 24.9 Å². The molecule has 1 aromatic rings. The van der Waals surface area contributed by atoms with Crippen molar-refractivity contribution in [2.75, 3.05) is 11.4 Å². The molecule has 0 radical (unpaired) electrons. The molecule has 1 unspecified atom stereocenters. The summed E-state index contributed by atoms with van der Waals surface area (Å²) in [5.41, 5.74) is -0.736. The molecular weight excluding hydrogens is 345 g/mol. The van der Waals surface area contributed by atoms with Gasteiger partial charge in [-0.3, -0.25) is 4.79 Å². The number of aliphatic hydroxyl groups excluding tert-OH is 2. The second-order valence-corrected chi connectivity index (χ2v) is 8.48. The fourth-order valence-corrected chi connectivity index (χ4v) is 3.92. The van der Waals surface area contributed by atoms with Crippen LogP contribution in [0.5, 0.6) is 0 Å². The molecule has 2 fully saturated rings. The Labute approximate surface area is 162 Å². The summed E-state index contributed by atoms with van der Waals surface area (Å²) in [5.74, 6) is 0.133. The molecule has 1 saturated carbocycles. The van der Waals surface area contributed by atoms with Crippen molar-refractivity contribution in [3.8, 4) is 0 Å². The fourth-order valence-electron chi connectivity index (χ4n) is 3.92. The van der Waals surface area contributed by atoms with Gasteiger partial charge in [-0.25, -0.2) is 4.39 Å². The Hall–Kier alpha value is -1.46. The molecule has 152 valence electrons. The summed E-state index contributed by atoms with van der Waals surface area (Å²) in [5, 5.41) is 19.7. The molecule has 1 aliphatic carbocycles. The van der Waals surface area contributed by atoms with Crippen molar-refractivity contribution in [1.82, 2.24) is 0 Å². The molecule has 3 rings (SSSR count). The van der Waals surface area contributed by atoms with Gasteiger partial charge in [0.05, 0.1) is 11.5 Å². The Bertz CT molecular complexity index is 615. The van der Waals surface area contributed by atoms with Crippen LogP contribution in [0.1, 0.15) is 77.9 Å². The molecule has 1 amide bonds. The van der Waals surface area contributed by atoms with E-state index in [0.29, 0.717) is 24.9 Å². The molecule has 1 saturated heterocycles. The van der Waals surface area contributed by atoms with Crippen molar-refractivity contribution in [3.63, 3.8) is 0 Å². The highest BCUT2D eigenvalue weighted by atomic mass is 19.1. The molecule has 2 N–H and O–H groups in total. The number of alkyl halides is 1. The number of carbonyl (C=O) groups is 1. The van der Waals surface area contributed by atoms with E-state index in [1.165, 1.54) is 20.3 Å². The van der Waals surface area contributed by atoms with E-state index < -0.39 is 11.8 Å². The first-order chi connectivity index (χ1) is 12.6. The number of rotatable bonds is 3. The highest BCUT2D eigenvalue weighted by molar-refractivity contribution is 5.99. The Kier molecular flexibility index (Phi) is 7.03. The van der Waals surface area contributed by atoms with Crippen molar-refractivity contribution in [3.05, 3.63) is 29.8 Å². The normalized spacial score (nSPS) is 26.7. The van der Waals surface area contributed by atoms with Gasteiger partial charge in [-0.1, -0.05) is 32.4 Å². The van der Waals surface area contributed by atoms with E-state index in [1.807, 2.05) is 0 Å². The summed E-state index contributed by atoms with van der Waals surface area (Å²) in [6, 6.07) is 6.92. The molecule has 0 aromatic heterocycles. The van der Waals surface area contributed by atoms with Gasteiger partial charge in [0.15, 0.2) is 0 Å². The molecular formula is C22H34FNO3. The quantitative estimate of drug-likeness (QED) is 0.810. The Morgan fingerprint density at radius 1 is 1.19 bits per heavy atom. The van der Waals surface area contributed by atoms with Crippen LogP contribution in [0.4, 0.5) is 10.1 Å². The molecule has 1 aliphatic heterocycles. The minimum Gasteiger partial charge on any atom is -0.393 e. The van der Waals surface area contributed by atoms with Crippen LogP contribution in [-0.2, 0) is 4.79 Å². The van der Waals surface area contributed by atoms with Gasteiger partial charge in [0.2, 0.25) is 5.91 Å². The summed E-state index contributed by atoms with van der Waals surface area (Å²) >= 11 is 0. The van der Waals surface area contributed by atoms with Crippen LogP contribution in [0.25, 0.3) is 0 Å². The van der Waals surface area contributed by atoms with Gasteiger partial charge in [-0.05, 0) is 63.6 Å². The summed E-state index contributed by atoms with van der Waals surface area (Å²) in [4.78, 5) is 14.7. The van der Waals surface area contributed by atoms with Crippen LogP contribution in [0.3, 0.4) is 0 Å². The van der Waals surface area contributed by atoms with Crippen LogP contribution in [-0.4, -0.2) is 34.4 Å². The molecule has 1 aromatic carbocycles. The zero-order valence-electron chi connectivity index (χ0n) is 17.0. The topological polar surface area (TPSA) is 60.8 Å². The highest BCUT2D eigenvalue weighted by Crippen LogP contribution is 2.46. The molecule has 0 bridgehead atoms. The van der Waals surface area contributed by atoms with E-state index in [4.69, 9.17) is 0 Å². The highest BCUT2D eigenvalue weighted by Gasteiger charge is 2.48. The molecule has 27 heavy (non-hydrogen) atoms. The van der Waals surface area contributed by atoms with Gasteiger partial charge >= 0.3 is 0 Å². The minimum atomic E-state index is -1.71. The number of amides is 1. The lowest BCUT2D eigenvalue weighted by Gasteiger charge is -2.33. The third kappa shape index (κ3) is 4.88. The van der Waals surface area contributed by atoms with Crippen LogP contribution < -0.4 is 4.90 Å². The summed E-state index contributed by atoms with van der Waals surface area (Å²) in [6.07, 6.45) is 3.48. The van der Waals surface area contributed by atoms with E-state index in [-0.39, 0.29) is 17.4 Å². The fraction of sp³-hybridized carbons (Fsp3) is 0.682. The molecule has 4 nitrogen and oxygen atoms in total. The van der Waals surface area contributed by atoms with Crippen molar-refractivity contribution < 1.29 is 19.4 Å². The first-order valence-electron chi connectivity index (χ1n) is 10.1. The zero-order chi connectivity index (χ0) is 20.2. The summed E-state index contributed by atoms with van der Waals surface area (Å²) in [6.45, 7) is 7.61. The van der Waals surface area contributed by atoms with Crippen LogP contribution in [0.2, 0.25) is 0 Å². The molecule has 1 atom stereocenters. The number of hydrogen-bond acceptors (Lipinski definition) is 3. The van der Waals surface area contributed by atoms with Crippen molar-refractivity contribution in [2.45, 2.75) is 84.1 Å². The maximum atomic E-state index is 13.9. The summed E-state index contributed by atoms with van der Waals surface area (Å²) < 4.78 is 13.9. The van der Waals surface area contributed by atoms with Gasteiger partial charge in [-0.15, -0.1) is 0 Å². The van der Waals surface area contributed by atoms with E-state index in [9.17, 15) is 19.4 Å². The van der Waals surface area contributed by atoms with Crippen LogP contribution in [0, 0.1) is 5.41 Å². The van der Waals surface area contributed by atoms with E-state index >= 15 is 0 Å². The Balaban J connectivity index is 0.000000817. The predicted molar refractivity (Wildman–Crippen MR) is 106 cm³/mol. The lowest BCUT2D eigenvalue weighted by molar-refractivity contribution is -0.128. The Morgan fingerprint density at radius 3 is 2.19 bits per heavy atom. The Morgan fingerprint density at radius 2 is 1.70 bits per heavy atom. The van der Waals surface area contributed by atoms with Gasteiger partial charge in [0, 0.05) is 12.2 Å².